The van der Waals surface area contributed by atoms with E-state index in [1.165, 1.54) is 5.56 Å². The first kappa shape index (κ1) is 13.7. The fourth-order valence-electron chi connectivity index (χ4n) is 1.75. The molecule has 0 bridgehead atoms. The topological polar surface area (TPSA) is 46.2 Å². The summed E-state index contributed by atoms with van der Waals surface area (Å²) in [6, 6.07) is 8.08. The number of nitrogens with two attached hydrogens (primary N) is 1. The lowest BCUT2D eigenvalue weighted by atomic mass is 10.00. The van der Waals surface area contributed by atoms with Crippen molar-refractivity contribution in [3.8, 4) is 0 Å². The van der Waals surface area contributed by atoms with E-state index in [-0.39, 0.29) is 12.1 Å². The molecular weight excluding hydrogens is 266 g/mol. The Balaban J connectivity index is 2.39. The van der Waals surface area contributed by atoms with Crippen molar-refractivity contribution >= 4 is 15.9 Å². The van der Waals surface area contributed by atoms with Gasteiger partial charge in [-0.15, -0.1) is 0 Å². The minimum absolute atomic E-state index is 0.0860. The maximum atomic E-state index is 9.84. The van der Waals surface area contributed by atoms with Gasteiger partial charge in [-0.2, -0.15) is 0 Å². The Morgan fingerprint density at radius 1 is 1.38 bits per heavy atom. The van der Waals surface area contributed by atoms with Crippen LogP contribution < -0.4 is 5.73 Å². The smallest absolute Gasteiger partial charge is 0.0694 e. The number of aliphatic hydroxyl groups is 1. The normalized spacial score (nSPS) is 14.8. The summed E-state index contributed by atoms with van der Waals surface area (Å²) >= 11 is 3.44. The summed E-state index contributed by atoms with van der Waals surface area (Å²) in [5.41, 5.74) is 7.10. The van der Waals surface area contributed by atoms with Crippen LogP contribution >= 0.6 is 15.9 Å². The summed E-state index contributed by atoms with van der Waals surface area (Å²) < 4.78 is 1.08. The number of aryl methyl sites for hydroxylation is 1. The van der Waals surface area contributed by atoms with Crippen LogP contribution in [-0.2, 0) is 6.42 Å². The van der Waals surface area contributed by atoms with Crippen molar-refractivity contribution in [3.63, 3.8) is 0 Å². The van der Waals surface area contributed by atoms with E-state index in [1.807, 2.05) is 12.1 Å². The summed E-state index contributed by atoms with van der Waals surface area (Å²) in [7, 11) is 0. The van der Waals surface area contributed by atoms with E-state index < -0.39 is 0 Å². The van der Waals surface area contributed by atoms with E-state index in [4.69, 9.17) is 5.73 Å². The molecule has 0 heterocycles. The molecule has 16 heavy (non-hydrogen) atoms. The van der Waals surface area contributed by atoms with E-state index in [0.717, 1.165) is 30.2 Å². The van der Waals surface area contributed by atoms with Crippen LogP contribution in [0.25, 0.3) is 0 Å². The van der Waals surface area contributed by atoms with Gasteiger partial charge in [0.25, 0.3) is 0 Å². The maximum absolute atomic E-state index is 9.84. The lowest BCUT2D eigenvalue weighted by molar-refractivity contribution is 0.131. The third-order valence-electron chi connectivity index (χ3n) is 2.73. The Morgan fingerprint density at radius 2 is 2.12 bits per heavy atom. The fraction of sp³-hybridized carbons (Fsp3) is 0.538. The van der Waals surface area contributed by atoms with E-state index in [1.54, 1.807) is 0 Å². The highest BCUT2D eigenvalue weighted by molar-refractivity contribution is 9.10. The van der Waals surface area contributed by atoms with Gasteiger partial charge in [-0.1, -0.05) is 41.4 Å². The van der Waals surface area contributed by atoms with Crippen LogP contribution in [0.4, 0.5) is 0 Å². The number of benzene rings is 1. The molecule has 3 heteroatoms. The molecule has 90 valence electrons. The van der Waals surface area contributed by atoms with Crippen LogP contribution in [0.2, 0.25) is 0 Å². The quantitative estimate of drug-likeness (QED) is 0.844. The van der Waals surface area contributed by atoms with Gasteiger partial charge in [-0.25, -0.2) is 0 Å². The second kappa shape index (κ2) is 7.05. The molecule has 0 aromatic heterocycles. The van der Waals surface area contributed by atoms with E-state index >= 15 is 0 Å². The molecule has 0 amide bonds. The van der Waals surface area contributed by atoms with Gasteiger partial charge in [0.15, 0.2) is 0 Å². The molecule has 2 unspecified atom stereocenters. The minimum atomic E-state index is -0.390. The van der Waals surface area contributed by atoms with Crippen molar-refractivity contribution in [1.29, 1.82) is 0 Å². The number of aliphatic hydroxyl groups excluding tert-OH is 1. The summed E-state index contributed by atoms with van der Waals surface area (Å²) in [6.45, 7) is 2.08. The molecule has 1 rings (SSSR count). The monoisotopic (exact) mass is 285 g/mol. The van der Waals surface area contributed by atoms with Gasteiger partial charge < -0.3 is 10.8 Å². The molecule has 0 spiro atoms. The zero-order valence-corrected chi connectivity index (χ0v) is 11.3. The van der Waals surface area contributed by atoms with Crippen LogP contribution in [0, 0.1) is 0 Å². The van der Waals surface area contributed by atoms with Gasteiger partial charge >= 0.3 is 0 Å². The first-order valence-corrected chi connectivity index (χ1v) is 6.61. The Morgan fingerprint density at radius 3 is 2.75 bits per heavy atom. The molecule has 0 aliphatic carbocycles. The van der Waals surface area contributed by atoms with Crippen molar-refractivity contribution in [3.05, 3.63) is 34.3 Å². The lowest BCUT2D eigenvalue weighted by Gasteiger charge is -2.18. The van der Waals surface area contributed by atoms with Gasteiger partial charge in [0.1, 0.15) is 0 Å². The van der Waals surface area contributed by atoms with Crippen molar-refractivity contribution in [1.82, 2.24) is 0 Å². The molecule has 1 aromatic rings. The van der Waals surface area contributed by atoms with Crippen LogP contribution in [0.15, 0.2) is 28.7 Å². The Hall–Kier alpha value is -0.380. The van der Waals surface area contributed by atoms with E-state index in [9.17, 15) is 5.11 Å². The first-order chi connectivity index (χ1) is 7.63. The van der Waals surface area contributed by atoms with Crippen LogP contribution in [0.5, 0.6) is 0 Å². The third-order valence-corrected chi connectivity index (χ3v) is 3.23. The molecule has 0 radical (unpaired) electrons. The number of hydrogen-bond donors (Lipinski definition) is 2. The number of hydrogen-bond acceptors (Lipinski definition) is 2. The number of rotatable bonds is 6. The first-order valence-electron chi connectivity index (χ1n) is 5.81. The molecule has 3 N–H and O–H groups in total. The molecule has 0 fully saturated rings. The highest BCUT2D eigenvalue weighted by Crippen LogP contribution is 2.14. The van der Waals surface area contributed by atoms with Gasteiger partial charge in [0.2, 0.25) is 0 Å². The van der Waals surface area contributed by atoms with E-state index in [2.05, 4.69) is 35.0 Å². The van der Waals surface area contributed by atoms with Gasteiger partial charge in [0.05, 0.1) is 6.10 Å². The SMILES string of the molecule is CCCC(N)C(O)CCc1cccc(Br)c1. The zero-order chi connectivity index (χ0) is 12.0. The third kappa shape index (κ3) is 4.64. The molecular formula is C13H20BrNO. The van der Waals surface area contributed by atoms with Crippen LogP contribution in [0.1, 0.15) is 31.7 Å². The Kier molecular flexibility index (Phi) is 6.03. The van der Waals surface area contributed by atoms with Crippen molar-refractivity contribution in [2.45, 2.75) is 44.8 Å². The predicted molar refractivity (Wildman–Crippen MR) is 71.4 cm³/mol. The van der Waals surface area contributed by atoms with Crippen LogP contribution in [0.3, 0.4) is 0 Å². The van der Waals surface area contributed by atoms with Crippen molar-refractivity contribution in [2.75, 3.05) is 0 Å². The highest BCUT2D eigenvalue weighted by atomic mass is 79.9. The minimum Gasteiger partial charge on any atom is -0.392 e. The summed E-state index contributed by atoms with van der Waals surface area (Å²) in [6.07, 6.45) is 3.13. The Bertz CT molecular complexity index is 317. The van der Waals surface area contributed by atoms with Gasteiger partial charge in [0, 0.05) is 10.5 Å². The van der Waals surface area contributed by atoms with E-state index in [0.29, 0.717) is 0 Å². The standard InChI is InChI=1S/C13H20BrNO/c1-2-4-12(15)13(16)8-7-10-5-3-6-11(14)9-10/h3,5-6,9,12-13,16H,2,4,7-8,15H2,1H3. The maximum Gasteiger partial charge on any atom is 0.0694 e. The van der Waals surface area contributed by atoms with Crippen LogP contribution in [-0.4, -0.2) is 17.3 Å². The Labute approximate surface area is 106 Å². The molecule has 2 atom stereocenters. The largest absolute Gasteiger partial charge is 0.392 e. The second-order valence-electron chi connectivity index (χ2n) is 4.19. The highest BCUT2D eigenvalue weighted by Gasteiger charge is 2.13. The molecule has 1 aromatic carbocycles. The van der Waals surface area contributed by atoms with Crippen molar-refractivity contribution < 1.29 is 5.11 Å². The number of halogens is 1. The second-order valence-corrected chi connectivity index (χ2v) is 5.10. The summed E-state index contributed by atoms with van der Waals surface area (Å²) in [4.78, 5) is 0. The lowest BCUT2D eigenvalue weighted by Crippen LogP contribution is -2.34. The molecule has 0 aliphatic heterocycles. The van der Waals surface area contributed by atoms with Gasteiger partial charge in [-0.05, 0) is 37.0 Å². The molecule has 2 nitrogen and oxygen atoms in total. The zero-order valence-electron chi connectivity index (χ0n) is 9.70. The summed E-state index contributed by atoms with van der Waals surface area (Å²) in [5.74, 6) is 0. The molecule has 0 saturated carbocycles. The average Bonchev–Trinajstić information content (AvgIpc) is 2.26. The summed E-state index contributed by atoms with van der Waals surface area (Å²) in [5, 5.41) is 9.84. The predicted octanol–water partition coefficient (Wildman–Crippen LogP) is 2.87. The van der Waals surface area contributed by atoms with Gasteiger partial charge in [-0.3, -0.25) is 0 Å². The fourth-order valence-corrected chi connectivity index (χ4v) is 2.19. The average molecular weight is 286 g/mol. The van der Waals surface area contributed by atoms with Crippen molar-refractivity contribution in [2.24, 2.45) is 5.73 Å². The molecule has 0 saturated heterocycles. The molecule has 0 aliphatic rings.